The predicted octanol–water partition coefficient (Wildman–Crippen LogP) is 4.00. The normalized spacial score (nSPS) is 12.0. The highest BCUT2D eigenvalue weighted by atomic mass is 16.6. The molecule has 0 N–H and O–H groups in total. The molecule has 0 aliphatic carbocycles. The van der Waals surface area contributed by atoms with Gasteiger partial charge in [0.05, 0.1) is 32.3 Å². The van der Waals surface area contributed by atoms with Crippen LogP contribution in [-0.2, 0) is 48.2 Å². The maximum absolute atomic E-state index is 13.6. The molecule has 3 heterocycles. The van der Waals surface area contributed by atoms with Crippen LogP contribution in [0.1, 0.15) is 62.3 Å². The second kappa shape index (κ2) is 15.3. The average molecular weight is 850 g/mol. The van der Waals surface area contributed by atoms with Gasteiger partial charge in [-0.25, -0.2) is 0 Å². The smallest absolute Gasteiger partial charge is 0.326 e. The summed E-state index contributed by atoms with van der Waals surface area (Å²) in [4.78, 5) is 120. The molecule has 0 amide bonds. The van der Waals surface area contributed by atoms with Gasteiger partial charge in [-0.1, -0.05) is 36.4 Å². The molecular formula is C48H39N3O12. The summed E-state index contributed by atoms with van der Waals surface area (Å²) < 4.78 is 18.3. The first-order valence-corrected chi connectivity index (χ1v) is 19.6. The van der Waals surface area contributed by atoms with Gasteiger partial charge in [-0.2, -0.15) is 0 Å². The number of nitrogens with zero attached hydrogens (tertiary/aromatic N) is 3. The molecule has 3 aromatic heterocycles. The van der Waals surface area contributed by atoms with E-state index in [1.807, 2.05) is 0 Å². The van der Waals surface area contributed by atoms with Crippen LogP contribution in [0.15, 0.2) is 65.2 Å². The van der Waals surface area contributed by atoms with Gasteiger partial charge in [0.2, 0.25) is 0 Å². The molecule has 15 heteroatoms. The van der Waals surface area contributed by atoms with Gasteiger partial charge in [-0.05, 0) is 98.7 Å². The van der Waals surface area contributed by atoms with Crippen LogP contribution in [0, 0.1) is 36.4 Å². The summed E-state index contributed by atoms with van der Waals surface area (Å²) in [5.74, 6) is -2.42. The number of aromatic nitrogens is 3. The Balaban J connectivity index is 1.54. The van der Waals surface area contributed by atoms with Gasteiger partial charge in [0.25, 0.3) is 33.4 Å². The molecule has 0 atom stereocenters. The Morgan fingerprint density at radius 2 is 0.524 bits per heavy atom. The first-order chi connectivity index (χ1) is 29.3. The fourth-order valence-electron chi connectivity index (χ4n) is 6.97. The fourth-order valence-corrected chi connectivity index (χ4v) is 6.97. The number of carbonyl (C=O) groups excluding carboxylic acids is 3. The van der Waals surface area contributed by atoms with E-state index < -0.39 is 87.7 Å². The first kappa shape index (κ1) is 43.3. The lowest BCUT2D eigenvalue weighted by Gasteiger charge is -2.19. The molecule has 7 aromatic rings. The number of ether oxygens (including phenoxy) is 3. The van der Waals surface area contributed by atoms with Gasteiger partial charge >= 0.3 is 17.9 Å². The summed E-state index contributed by atoms with van der Waals surface area (Å²) in [7, 11) is 0. The van der Waals surface area contributed by atoms with Crippen molar-refractivity contribution in [2.24, 2.45) is 0 Å². The third kappa shape index (κ3) is 8.70. The van der Waals surface area contributed by atoms with Crippen molar-refractivity contribution in [3.63, 3.8) is 0 Å². The minimum absolute atomic E-state index is 0.0644. The van der Waals surface area contributed by atoms with Gasteiger partial charge in [-0.15, -0.1) is 0 Å². The Bertz CT molecular complexity index is 2990. The van der Waals surface area contributed by atoms with Gasteiger partial charge in [0.15, 0.2) is 0 Å². The van der Waals surface area contributed by atoms with Crippen LogP contribution in [0.25, 0.3) is 64.6 Å². The van der Waals surface area contributed by atoms with Crippen molar-refractivity contribution < 1.29 is 28.6 Å². The number of hydrogen-bond acceptors (Lipinski definition) is 12. The summed E-state index contributed by atoms with van der Waals surface area (Å²) in [6, 6.07) is 25.9. The van der Waals surface area contributed by atoms with E-state index in [9.17, 15) is 43.2 Å². The van der Waals surface area contributed by atoms with Crippen molar-refractivity contribution in [3.8, 4) is 0 Å². The van der Waals surface area contributed by atoms with Gasteiger partial charge in [-0.3, -0.25) is 56.9 Å². The Morgan fingerprint density at radius 3 is 0.667 bits per heavy atom. The third-order valence-electron chi connectivity index (χ3n) is 9.44. The first-order valence-electron chi connectivity index (χ1n) is 19.6. The number of benzene rings is 3. The van der Waals surface area contributed by atoms with Crippen molar-refractivity contribution in [2.75, 3.05) is 0 Å². The molecule has 4 aromatic carbocycles. The molecule has 0 saturated heterocycles. The van der Waals surface area contributed by atoms with Crippen LogP contribution in [0.3, 0.4) is 0 Å². The van der Waals surface area contributed by atoms with E-state index >= 15 is 0 Å². The van der Waals surface area contributed by atoms with Gasteiger partial charge in [0, 0.05) is 32.3 Å². The summed E-state index contributed by atoms with van der Waals surface area (Å²) in [5, 5.41) is 0.491. The van der Waals surface area contributed by atoms with E-state index in [2.05, 4.69) is 36.4 Å². The molecule has 0 saturated carbocycles. The molecule has 0 fully saturated rings. The van der Waals surface area contributed by atoms with Crippen molar-refractivity contribution in [3.05, 3.63) is 135 Å². The Morgan fingerprint density at radius 1 is 0.365 bits per heavy atom. The van der Waals surface area contributed by atoms with E-state index in [-0.39, 0.29) is 64.6 Å². The lowest BCUT2D eigenvalue weighted by Crippen LogP contribution is -2.33. The second-order valence-electron chi connectivity index (χ2n) is 17.9. The largest absolute Gasteiger partial charge is 0.459 e. The van der Waals surface area contributed by atoms with Gasteiger partial charge in [0.1, 0.15) is 36.4 Å². The quantitative estimate of drug-likeness (QED) is 0.173. The highest BCUT2D eigenvalue weighted by molar-refractivity contribution is 6.00. The molecule has 0 radical (unpaired) electrons. The zero-order valence-corrected chi connectivity index (χ0v) is 35.8. The SMILES string of the molecule is CC(C)(C)OC(=O)Cn1c(=O)c2cc3c#cc4cc5c(=O)n(CC(=O)OC(C)(C)C)c(=O)c5cc4c#cc4cc5c(=O)n(CC(=O)OC(C)(C)C)c(=O)c5cc4c#cc3cc2c1=O. The van der Waals surface area contributed by atoms with E-state index in [1.165, 1.54) is 36.4 Å². The third-order valence-corrected chi connectivity index (χ3v) is 9.44. The lowest BCUT2D eigenvalue weighted by atomic mass is 10.1. The van der Waals surface area contributed by atoms with E-state index in [4.69, 9.17) is 14.2 Å². The summed E-state index contributed by atoms with van der Waals surface area (Å²) in [5.41, 5.74) is -7.31. The van der Waals surface area contributed by atoms with E-state index in [0.717, 1.165) is 13.7 Å². The Hall–Kier alpha value is -7.83. The molecule has 15 nitrogen and oxygen atoms in total. The summed E-state index contributed by atoms with van der Waals surface area (Å²) in [6.45, 7) is 12.8. The van der Waals surface area contributed by atoms with Crippen LogP contribution in [0.2, 0.25) is 0 Å². The zero-order chi connectivity index (χ0) is 46.1. The lowest BCUT2D eigenvalue weighted by molar-refractivity contribution is -0.156. The topological polar surface area (TPSA) is 196 Å². The summed E-state index contributed by atoms with van der Waals surface area (Å²) in [6.07, 6.45) is 0. The monoisotopic (exact) mass is 849 g/mol. The van der Waals surface area contributed by atoms with Crippen molar-refractivity contribution >= 4 is 82.5 Å². The van der Waals surface area contributed by atoms with Crippen LogP contribution < -0.4 is 33.4 Å². The maximum atomic E-state index is 13.6. The van der Waals surface area contributed by atoms with E-state index in [1.54, 1.807) is 62.3 Å². The maximum Gasteiger partial charge on any atom is 0.326 e. The molecule has 0 unspecified atom stereocenters. The van der Waals surface area contributed by atoms with Crippen LogP contribution in [0.4, 0.5) is 0 Å². The molecule has 7 rings (SSSR count). The standard InChI is InChI=1S/C48H39N3O12/c1-46(2,3)61-37(52)22-49-40(55)31-16-25-10-12-27-18-33-35(44(59)50(42(33)57)23-38(53)62-47(4,5)6)20-29(27)14-15-30-21-36-34(19-28(30)13-11-26(25)17-32(31)41(49)56)43(58)51(45(36)60)24-39(54)63-48(7,8)9/h16-21H,22-24H2,1-9H3. The molecule has 63 heavy (non-hydrogen) atoms. The number of hydrogen-bond donors (Lipinski definition) is 0. The molecule has 0 aliphatic rings. The predicted molar refractivity (Wildman–Crippen MR) is 234 cm³/mol. The molecule has 0 aliphatic heterocycles. The van der Waals surface area contributed by atoms with Crippen molar-refractivity contribution in [1.29, 1.82) is 0 Å². The molecule has 0 spiro atoms. The van der Waals surface area contributed by atoms with Gasteiger partial charge < -0.3 is 14.2 Å². The minimum Gasteiger partial charge on any atom is -0.459 e. The van der Waals surface area contributed by atoms with Crippen LogP contribution in [-0.4, -0.2) is 48.4 Å². The Kier molecular flexibility index (Phi) is 10.5. The van der Waals surface area contributed by atoms with Crippen LogP contribution in [0.5, 0.6) is 0 Å². The number of esters is 3. The minimum atomic E-state index is -0.885. The molecule has 318 valence electrons. The Labute approximate surface area is 357 Å². The summed E-state index contributed by atoms with van der Waals surface area (Å²) >= 11 is 0. The number of rotatable bonds is 6. The number of fused-ring (bicyclic) bond motifs is 6. The van der Waals surface area contributed by atoms with E-state index in [0.29, 0.717) is 0 Å². The highest BCUT2D eigenvalue weighted by Crippen LogP contribution is 2.21. The molecule has 0 bridgehead atoms. The van der Waals surface area contributed by atoms with Crippen molar-refractivity contribution in [1.82, 2.24) is 13.7 Å². The highest BCUT2D eigenvalue weighted by Gasteiger charge is 2.24. The van der Waals surface area contributed by atoms with Crippen molar-refractivity contribution in [2.45, 2.75) is 98.8 Å². The molecular weight excluding hydrogens is 811 g/mol. The second-order valence-corrected chi connectivity index (χ2v) is 17.9. The average Bonchev–Trinajstić information content (AvgIpc) is 3.62. The fraction of sp³-hybridized carbons (Fsp3) is 0.312. The van der Waals surface area contributed by atoms with Crippen LogP contribution >= 0.6 is 0 Å². The number of carbonyl (C=O) groups is 3. The zero-order valence-electron chi connectivity index (χ0n) is 35.8.